The van der Waals surface area contributed by atoms with Gasteiger partial charge in [-0.25, -0.2) is 0 Å². The molecule has 3 rings (SSSR count). The molecule has 0 aliphatic carbocycles. The maximum absolute atomic E-state index is 12.8. The van der Waals surface area contributed by atoms with E-state index in [9.17, 15) is 4.79 Å². The summed E-state index contributed by atoms with van der Waals surface area (Å²) in [6, 6.07) is 12.4. The summed E-state index contributed by atoms with van der Waals surface area (Å²) in [6.45, 7) is 11.9. The summed E-state index contributed by atoms with van der Waals surface area (Å²) in [5.41, 5.74) is 8.50. The Labute approximate surface area is 205 Å². The first-order valence-electron chi connectivity index (χ1n) is 12.8. The Kier molecular flexibility index (Phi) is 9.75. The number of hydrogen-bond acceptors (Lipinski definition) is 5. The van der Waals surface area contributed by atoms with Gasteiger partial charge in [0, 0.05) is 43.8 Å². The number of aromatic nitrogens is 1. The van der Waals surface area contributed by atoms with Gasteiger partial charge in [-0.1, -0.05) is 27.7 Å². The highest BCUT2D eigenvalue weighted by molar-refractivity contribution is 5.81. The molecule has 0 saturated carbocycles. The van der Waals surface area contributed by atoms with Gasteiger partial charge in [-0.2, -0.15) is 0 Å². The lowest BCUT2D eigenvalue weighted by Crippen LogP contribution is -2.51. The molecular weight excluding hydrogens is 424 g/mol. The van der Waals surface area contributed by atoms with Crippen molar-refractivity contribution >= 4 is 11.6 Å². The van der Waals surface area contributed by atoms with Gasteiger partial charge in [0.15, 0.2) is 0 Å². The SMILES string of the molecule is CC(C)CCN(c1ccc(OCc2ccncc2)cc1)C1CCN(C(=O)C(N)CC(C)C)CC1. The van der Waals surface area contributed by atoms with Gasteiger partial charge >= 0.3 is 0 Å². The predicted molar refractivity (Wildman–Crippen MR) is 139 cm³/mol. The molecule has 1 aliphatic rings. The number of carbonyl (C=O) groups excluding carboxylic acids is 1. The first-order chi connectivity index (χ1) is 16.3. The number of benzene rings is 1. The lowest BCUT2D eigenvalue weighted by molar-refractivity contribution is -0.134. The van der Waals surface area contributed by atoms with E-state index in [0.29, 0.717) is 24.5 Å². The molecule has 6 heteroatoms. The predicted octanol–water partition coefficient (Wildman–Crippen LogP) is 4.88. The molecule has 0 bridgehead atoms. The van der Waals surface area contributed by atoms with Gasteiger partial charge in [0.25, 0.3) is 0 Å². The van der Waals surface area contributed by atoms with E-state index < -0.39 is 0 Å². The number of nitrogens with zero attached hydrogens (tertiary/aromatic N) is 3. The first kappa shape index (κ1) is 26.0. The zero-order valence-electron chi connectivity index (χ0n) is 21.3. The third kappa shape index (κ3) is 7.73. The molecule has 1 unspecified atom stereocenters. The van der Waals surface area contributed by atoms with Gasteiger partial charge in [0.05, 0.1) is 6.04 Å². The fourth-order valence-corrected chi connectivity index (χ4v) is 4.54. The van der Waals surface area contributed by atoms with Crippen molar-refractivity contribution in [2.24, 2.45) is 17.6 Å². The largest absolute Gasteiger partial charge is 0.489 e. The van der Waals surface area contributed by atoms with Crippen LogP contribution in [0.25, 0.3) is 0 Å². The first-order valence-corrected chi connectivity index (χ1v) is 12.8. The van der Waals surface area contributed by atoms with E-state index >= 15 is 0 Å². The minimum atomic E-state index is -0.381. The summed E-state index contributed by atoms with van der Waals surface area (Å²) in [7, 11) is 0. The second kappa shape index (κ2) is 12.7. The van der Waals surface area contributed by atoms with Gasteiger partial charge in [-0.3, -0.25) is 9.78 Å². The molecule has 6 nitrogen and oxygen atoms in total. The molecular formula is C28H42N4O2. The quantitative estimate of drug-likeness (QED) is 0.511. The van der Waals surface area contributed by atoms with Crippen LogP contribution in [0.4, 0.5) is 5.69 Å². The number of piperidine rings is 1. The Bertz CT molecular complexity index is 862. The molecule has 1 saturated heterocycles. The van der Waals surface area contributed by atoms with Crippen molar-refractivity contribution in [1.82, 2.24) is 9.88 Å². The fraction of sp³-hybridized carbons (Fsp3) is 0.571. The highest BCUT2D eigenvalue weighted by Crippen LogP contribution is 2.27. The molecule has 0 radical (unpaired) electrons. The molecule has 1 aromatic heterocycles. The zero-order chi connectivity index (χ0) is 24.5. The summed E-state index contributed by atoms with van der Waals surface area (Å²) in [6.07, 6.45) is 7.39. The number of rotatable bonds is 11. The van der Waals surface area contributed by atoms with E-state index in [2.05, 4.69) is 61.8 Å². The van der Waals surface area contributed by atoms with Crippen LogP contribution in [-0.4, -0.2) is 47.5 Å². The molecule has 186 valence electrons. The highest BCUT2D eigenvalue weighted by atomic mass is 16.5. The van der Waals surface area contributed by atoms with E-state index in [1.807, 2.05) is 17.0 Å². The molecule has 2 aromatic rings. The van der Waals surface area contributed by atoms with Crippen LogP contribution in [0, 0.1) is 11.8 Å². The second-order valence-corrected chi connectivity index (χ2v) is 10.3. The normalized spacial score (nSPS) is 15.6. The lowest BCUT2D eigenvalue weighted by atomic mass is 9.98. The Morgan fingerprint density at radius 3 is 2.29 bits per heavy atom. The van der Waals surface area contributed by atoms with Crippen LogP contribution >= 0.6 is 0 Å². The highest BCUT2D eigenvalue weighted by Gasteiger charge is 2.29. The third-order valence-electron chi connectivity index (χ3n) is 6.53. The van der Waals surface area contributed by atoms with Gasteiger partial charge in [-0.05, 0) is 79.5 Å². The van der Waals surface area contributed by atoms with Crippen molar-refractivity contribution in [1.29, 1.82) is 0 Å². The molecule has 2 N–H and O–H groups in total. The average Bonchev–Trinajstić information content (AvgIpc) is 2.83. The summed E-state index contributed by atoms with van der Waals surface area (Å²) >= 11 is 0. The van der Waals surface area contributed by atoms with Crippen molar-refractivity contribution in [3.8, 4) is 5.75 Å². The van der Waals surface area contributed by atoms with E-state index in [4.69, 9.17) is 10.5 Å². The summed E-state index contributed by atoms with van der Waals surface area (Å²) in [5, 5.41) is 0. The number of nitrogens with two attached hydrogens (primary N) is 1. The molecule has 1 aromatic carbocycles. The number of hydrogen-bond donors (Lipinski definition) is 1. The van der Waals surface area contributed by atoms with E-state index in [-0.39, 0.29) is 11.9 Å². The zero-order valence-corrected chi connectivity index (χ0v) is 21.3. The van der Waals surface area contributed by atoms with Crippen molar-refractivity contribution in [2.45, 2.75) is 72.1 Å². The van der Waals surface area contributed by atoms with Crippen LogP contribution in [0.2, 0.25) is 0 Å². The summed E-state index contributed by atoms with van der Waals surface area (Å²) < 4.78 is 5.96. The minimum absolute atomic E-state index is 0.108. The molecule has 0 spiro atoms. The van der Waals surface area contributed by atoms with Crippen LogP contribution in [-0.2, 0) is 11.4 Å². The van der Waals surface area contributed by atoms with Crippen molar-refractivity contribution < 1.29 is 9.53 Å². The Morgan fingerprint density at radius 2 is 1.71 bits per heavy atom. The van der Waals surface area contributed by atoms with E-state index in [1.54, 1.807) is 12.4 Å². The molecule has 1 aliphatic heterocycles. The molecule has 1 amide bonds. The fourth-order valence-electron chi connectivity index (χ4n) is 4.54. The smallest absolute Gasteiger partial charge is 0.239 e. The molecule has 2 heterocycles. The third-order valence-corrected chi connectivity index (χ3v) is 6.53. The Morgan fingerprint density at radius 1 is 1.06 bits per heavy atom. The number of pyridine rings is 1. The van der Waals surface area contributed by atoms with E-state index in [1.165, 1.54) is 5.69 Å². The number of amides is 1. The van der Waals surface area contributed by atoms with E-state index in [0.717, 1.165) is 56.6 Å². The standard InChI is InChI=1S/C28H42N4O2/c1-21(2)11-18-32(25-12-16-31(17-13-25)28(33)27(29)19-22(3)4)24-5-7-26(8-6-24)34-20-23-9-14-30-15-10-23/h5-10,14-15,21-22,25,27H,11-13,16-20,29H2,1-4H3. The number of ether oxygens (including phenoxy) is 1. The maximum atomic E-state index is 12.8. The van der Waals surface area contributed by atoms with Crippen LogP contribution in [0.1, 0.15) is 58.9 Å². The van der Waals surface area contributed by atoms with Crippen molar-refractivity contribution in [2.75, 3.05) is 24.5 Å². The Balaban J connectivity index is 1.61. The number of carbonyl (C=O) groups is 1. The van der Waals surface area contributed by atoms with Crippen LogP contribution in [0.15, 0.2) is 48.8 Å². The molecule has 1 fully saturated rings. The van der Waals surface area contributed by atoms with Gasteiger partial charge < -0.3 is 20.3 Å². The maximum Gasteiger partial charge on any atom is 0.239 e. The van der Waals surface area contributed by atoms with Crippen molar-refractivity contribution in [3.05, 3.63) is 54.4 Å². The minimum Gasteiger partial charge on any atom is -0.489 e. The lowest BCUT2D eigenvalue weighted by Gasteiger charge is -2.41. The van der Waals surface area contributed by atoms with Gasteiger partial charge in [-0.15, -0.1) is 0 Å². The average molecular weight is 467 g/mol. The van der Waals surface area contributed by atoms with Gasteiger partial charge in [0.1, 0.15) is 12.4 Å². The molecule has 34 heavy (non-hydrogen) atoms. The topological polar surface area (TPSA) is 71.7 Å². The summed E-state index contributed by atoms with van der Waals surface area (Å²) in [4.78, 5) is 21.3. The van der Waals surface area contributed by atoms with Crippen LogP contribution in [0.5, 0.6) is 5.75 Å². The van der Waals surface area contributed by atoms with Crippen LogP contribution < -0.4 is 15.4 Å². The summed E-state index contributed by atoms with van der Waals surface area (Å²) in [5.74, 6) is 2.04. The number of anilines is 1. The van der Waals surface area contributed by atoms with Crippen molar-refractivity contribution in [3.63, 3.8) is 0 Å². The second-order valence-electron chi connectivity index (χ2n) is 10.3. The number of likely N-dealkylation sites (tertiary alicyclic amines) is 1. The van der Waals surface area contributed by atoms with Crippen LogP contribution in [0.3, 0.4) is 0 Å². The Hall–Kier alpha value is -2.60. The monoisotopic (exact) mass is 466 g/mol. The van der Waals surface area contributed by atoms with Gasteiger partial charge in [0.2, 0.25) is 5.91 Å². The molecule has 1 atom stereocenters.